The van der Waals surface area contributed by atoms with E-state index in [1.165, 1.54) is 19.1 Å². The highest BCUT2D eigenvalue weighted by Gasteiger charge is 2.19. The molecule has 2 aromatic carbocycles. The fourth-order valence-electron chi connectivity index (χ4n) is 2.09. The smallest absolute Gasteiger partial charge is 0.338 e. The molecule has 0 aliphatic carbocycles. The van der Waals surface area contributed by atoms with E-state index in [2.05, 4.69) is 5.32 Å². The van der Waals surface area contributed by atoms with Gasteiger partial charge in [0, 0.05) is 11.9 Å². The number of rotatable bonds is 6. The third kappa shape index (κ3) is 6.04. The van der Waals surface area contributed by atoms with Gasteiger partial charge in [-0.1, -0.05) is 30.3 Å². The van der Waals surface area contributed by atoms with Gasteiger partial charge in [-0.25, -0.2) is 13.2 Å². The van der Waals surface area contributed by atoms with Crippen LogP contribution in [0, 0.1) is 0 Å². The summed E-state index contributed by atoms with van der Waals surface area (Å²) in [6.45, 7) is 1.48. The first-order valence-corrected chi connectivity index (χ1v) is 9.64. The Labute approximate surface area is 146 Å². The highest BCUT2D eigenvalue weighted by atomic mass is 32.2. The molecule has 0 spiro atoms. The number of ether oxygens (including phenoxy) is 1. The number of nitrogens with one attached hydrogen (secondary N) is 1. The number of hydrogen-bond donors (Lipinski definition) is 1. The summed E-state index contributed by atoms with van der Waals surface area (Å²) in [5.41, 5.74) is 1.44. The Morgan fingerprint density at radius 1 is 1.04 bits per heavy atom. The van der Waals surface area contributed by atoms with Crippen LogP contribution < -0.4 is 5.32 Å². The van der Waals surface area contributed by atoms with Gasteiger partial charge in [0.1, 0.15) is 0 Å². The van der Waals surface area contributed by atoms with Crippen LogP contribution >= 0.6 is 0 Å². The van der Waals surface area contributed by atoms with Crippen molar-refractivity contribution in [1.29, 1.82) is 0 Å². The number of carbonyl (C=O) groups is 2. The highest BCUT2D eigenvalue weighted by molar-refractivity contribution is 7.89. The molecule has 1 amide bonds. The van der Waals surface area contributed by atoms with E-state index in [9.17, 15) is 18.0 Å². The quantitative estimate of drug-likeness (QED) is 0.798. The van der Waals surface area contributed by atoms with Gasteiger partial charge in [0.2, 0.25) is 0 Å². The molecular weight excluding hydrogens is 342 g/mol. The lowest BCUT2D eigenvalue weighted by molar-refractivity contribution is -0.123. The Hall–Kier alpha value is -2.67. The van der Waals surface area contributed by atoms with Crippen molar-refractivity contribution in [2.75, 3.05) is 11.6 Å². The molecule has 0 aromatic heterocycles. The predicted octanol–water partition coefficient (Wildman–Crippen LogP) is 2.42. The maximum absolute atomic E-state index is 12.1. The highest BCUT2D eigenvalue weighted by Crippen LogP contribution is 2.11. The molecule has 0 saturated heterocycles. The number of sulfone groups is 1. The van der Waals surface area contributed by atoms with Gasteiger partial charge in [-0.2, -0.15) is 0 Å². The summed E-state index contributed by atoms with van der Waals surface area (Å²) in [4.78, 5) is 24.1. The molecule has 0 saturated carbocycles. The van der Waals surface area contributed by atoms with Crippen LogP contribution in [0.15, 0.2) is 54.6 Å². The monoisotopic (exact) mass is 361 g/mol. The standard InChI is InChI=1S/C18H19NO5S/c1-13(17(20)19-16-6-4-3-5-7-16)24-18(21)15-10-8-14(9-11-15)12-25(2,22)23/h3-11,13H,12H2,1-2H3,(H,19,20)/t13-/m1/s1. The van der Waals surface area contributed by atoms with Crippen LogP contribution in [0.1, 0.15) is 22.8 Å². The minimum Gasteiger partial charge on any atom is -0.449 e. The first-order valence-electron chi connectivity index (χ1n) is 7.58. The molecule has 0 bridgehead atoms. The zero-order valence-corrected chi connectivity index (χ0v) is 14.7. The van der Waals surface area contributed by atoms with Crippen molar-refractivity contribution in [2.45, 2.75) is 18.8 Å². The molecular formula is C18H19NO5S. The van der Waals surface area contributed by atoms with E-state index in [4.69, 9.17) is 4.74 Å². The molecule has 0 heterocycles. The Morgan fingerprint density at radius 2 is 1.64 bits per heavy atom. The first-order chi connectivity index (χ1) is 11.7. The summed E-state index contributed by atoms with van der Waals surface area (Å²) in [6.07, 6.45) is 0.172. The summed E-state index contributed by atoms with van der Waals surface area (Å²) >= 11 is 0. The minimum absolute atomic E-state index is 0.0990. The fraction of sp³-hybridized carbons (Fsp3) is 0.222. The number of hydrogen-bond acceptors (Lipinski definition) is 5. The predicted molar refractivity (Wildman–Crippen MR) is 94.9 cm³/mol. The van der Waals surface area contributed by atoms with Crippen molar-refractivity contribution in [3.05, 3.63) is 65.7 Å². The van der Waals surface area contributed by atoms with E-state index < -0.39 is 27.8 Å². The average molecular weight is 361 g/mol. The van der Waals surface area contributed by atoms with Gasteiger partial charge in [-0.05, 0) is 36.8 Å². The van der Waals surface area contributed by atoms with Crippen molar-refractivity contribution >= 4 is 27.4 Å². The van der Waals surface area contributed by atoms with Crippen molar-refractivity contribution < 1.29 is 22.7 Å². The van der Waals surface area contributed by atoms with Crippen molar-refractivity contribution in [3.63, 3.8) is 0 Å². The summed E-state index contributed by atoms with van der Waals surface area (Å²) in [7, 11) is -3.14. The Balaban J connectivity index is 1.95. The van der Waals surface area contributed by atoms with Crippen LogP contribution in [0.2, 0.25) is 0 Å². The Bertz CT molecular complexity index is 845. The van der Waals surface area contributed by atoms with Gasteiger partial charge in [0.25, 0.3) is 5.91 Å². The molecule has 0 radical (unpaired) electrons. The van der Waals surface area contributed by atoms with Crippen LogP contribution in [0.4, 0.5) is 5.69 Å². The second kappa shape index (κ2) is 7.94. The zero-order valence-electron chi connectivity index (χ0n) is 13.9. The number of carbonyl (C=O) groups excluding carboxylic acids is 2. The molecule has 1 N–H and O–H groups in total. The third-order valence-electron chi connectivity index (χ3n) is 3.31. The maximum Gasteiger partial charge on any atom is 0.338 e. The molecule has 2 aromatic rings. The Morgan fingerprint density at radius 3 is 2.20 bits per heavy atom. The summed E-state index contributed by atoms with van der Waals surface area (Å²) in [5.74, 6) is -1.19. The summed E-state index contributed by atoms with van der Waals surface area (Å²) in [5, 5.41) is 2.65. The molecule has 2 rings (SSSR count). The lowest BCUT2D eigenvalue weighted by Crippen LogP contribution is -2.30. The maximum atomic E-state index is 12.1. The molecule has 7 heteroatoms. The van der Waals surface area contributed by atoms with Crippen LogP contribution in [0.25, 0.3) is 0 Å². The van der Waals surface area contributed by atoms with Crippen molar-refractivity contribution in [3.8, 4) is 0 Å². The molecule has 132 valence electrons. The van der Waals surface area contributed by atoms with Crippen LogP contribution in [-0.4, -0.2) is 32.7 Å². The van der Waals surface area contributed by atoms with Gasteiger partial charge >= 0.3 is 5.97 Å². The lowest BCUT2D eigenvalue weighted by Gasteiger charge is -2.13. The van der Waals surface area contributed by atoms with E-state index in [1.54, 1.807) is 36.4 Å². The van der Waals surface area contributed by atoms with Gasteiger partial charge in [0.05, 0.1) is 11.3 Å². The molecule has 25 heavy (non-hydrogen) atoms. The second-order valence-electron chi connectivity index (χ2n) is 5.67. The number of benzene rings is 2. The van der Waals surface area contributed by atoms with Gasteiger partial charge in [-0.15, -0.1) is 0 Å². The van der Waals surface area contributed by atoms with E-state index in [0.717, 1.165) is 6.26 Å². The SMILES string of the molecule is C[C@@H](OC(=O)c1ccc(CS(C)(=O)=O)cc1)C(=O)Nc1ccccc1. The number of para-hydroxylation sites is 1. The summed E-state index contributed by atoms with van der Waals surface area (Å²) < 4.78 is 27.6. The van der Waals surface area contributed by atoms with Crippen LogP contribution in [0.5, 0.6) is 0 Å². The van der Waals surface area contributed by atoms with Crippen LogP contribution in [0.3, 0.4) is 0 Å². The largest absolute Gasteiger partial charge is 0.449 e. The molecule has 0 aliphatic rings. The first kappa shape index (κ1) is 18.7. The zero-order chi connectivity index (χ0) is 18.4. The van der Waals surface area contributed by atoms with Crippen LogP contribution in [-0.2, 0) is 25.1 Å². The van der Waals surface area contributed by atoms with Gasteiger partial charge in [0.15, 0.2) is 15.9 Å². The number of esters is 1. The molecule has 0 aliphatic heterocycles. The molecule has 1 atom stereocenters. The average Bonchev–Trinajstić information content (AvgIpc) is 2.54. The molecule has 0 unspecified atom stereocenters. The minimum atomic E-state index is -3.14. The number of amides is 1. The van der Waals surface area contributed by atoms with E-state index in [0.29, 0.717) is 11.3 Å². The lowest BCUT2D eigenvalue weighted by atomic mass is 10.1. The van der Waals surface area contributed by atoms with E-state index >= 15 is 0 Å². The Kier molecular flexibility index (Phi) is 5.93. The van der Waals surface area contributed by atoms with Crippen molar-refractivity contribution in [1.82, 2.24) is 0 Å². The van der Waals surface area contributed by atoms with Gasteiger partial charge < -0.3 is 10.1 Å². The van der Waals surface area contributed by atoms with E-state index in [1.807, 2.05) is 6.07 Å². The third-order valence-corrected chi connectivity index (χ3v) is 4.17. The molecule has 6 nitrogen and oxygen atoms in total. The van der Waals surface area contributed by atoms with Gasteiger partial charge in [-0.3, -0.25) is 4.79 Å². The number of anilines is 1. The van der Waals surface area contributed by atoms with Crippen molar-refractivity contribution in [2.24, 2.45) is 0 Å². The van der Waals surface area contributed by atoms with E-state index in [-0.39, 0.29) is 11.3 Å². The normalized spacial score (nSPS) is 12.2. The topological polar surface area (TPSA) is 89.5 Å². The fourth-order valence-corrected chi connectivity index (χ4v) is 2.89. The summed E-state index contributed by atoms with van der Waals surface area (Å²) in [6, 6.07) is 14.9. The molecule has 0 fully saturated rings. The second-order valence-corrected chi connectivity index (χ2v) is 7.81.